The Morgan fingerprint density at radius 3 is 2.94 bits per heavy atom. The van der Waals surface area contributed by atoms with E-state index in [0.717, 1.165) is 4.47 Å². The highest BCUT2D eigenvalue weighted by molar-refractivity contribution is 9.10. The third-order valence-electron chi connectivity index (χ3n) is 2.15. The fourth-order valence-corrected chi connectivity index (χ4v) is 1.64. The van der Waals surface area contributed by atoms with E-state index in [0.29, 0.717) is 18.8 Å². The average Bonchev–Trinajstić information content (AvgIpc) is 2.36. The summed E-state index contributed by atoms with van der Waals surface area (Å²) in [6.45, 7) is 0.874. The van der Waals surface area contributed by atoms with Gasteiger partial charge in [0.05, 0.1) is 13.2 Å². The molecule has 0 aliphatic carbocycles. The molecule has 1 aromatic rings. The summed E-state index contributed by atoms with van der Waals surface area (Å²) in [6, 6.07) is 4.58. The zero-order chi connectivity index (χ0) is 13.4. The molecule has 1 amide bonds. The molecular formula is C12H15BrFNO3. The molecule has 100 valence electrons. The monoisotopic (exact) mass is 319 g/mol. The molecule has 0 atom stereocenters. The molecule has 0 spiro atoms. The van der Waals surface area contributed by atoms with Crippen molar-refractivity contribution in [3.63, 3.8) is 0 Å². The number of amides is 1. The first-order chi connectivity index (χ1) is 8.63. The van der Waals surface area contributed by atoms with E-state index < -0.39 is 0 Å². The van der Waals surface area contributed by atoms with Crippen LogP contribution in [0.15, 0.2) is 22.7 Å². The van der Waals surface area contributed by atoms with Crippen LogP contribution < -0.4 is 5.32 Å². The number of carbonyl (C=O) groups excluding carboxylic acids is 1. The normalized spacial score (nSPS) is 10.4. The molecule has 0 bridgehead atoms. The quantitative estimate of drug-likeness (QED) is 0.780. The van der Waals surface area contributed by atoms with Gasteiger partial charge in [-0.2, -0.15) is 0 Å². The number of hydrogen-bond acceptors (Lipinski definition) is 3. The zero-order valence-corrected chi connectivity index (χ0v) is 11.6. The summed E-state index contributed by atoms with van der Waals surface area (Å²) in [5.74, 6) is -0.635. The predicted octanol–water partition coefficient (Wildman–Crippen LogP) is 1.87. The summed E-state index contributed by atoms with van der Waals surface area (Å²) in [7, 11) is 1.56. The number of hydrogen-bond donors (Lipinski definition) is 1. The van der Waals surface area contributed by atoms with E-state index >= 15 is 0 Å². The van der Waals surface area contributed by atoms with Crippen LogP contribution in [0.3, 0.4) is 0 Å². The highest BCUT2D eigenvalue weighted by atomic mass is 79.9. The standard InChI is InChI=1S/C12H15BrFNO3/c1-17-4-5-18-8-12(16)15-7-9-6-10(13)2-3-11(9)14/h2-3,6H,4-5,7-8H2,1H3,(H,15,16). The van der Waals surface area contributed by atoms with Crippen LogP contribution in [0.2, 0.25) is 0 Å². The van der Waals surface area contributed by atoms with Gasteiger partial charge in [-0.25, -0.2) is 4.39 Å². The van der Waals surface area contributed by atoms with Crippen LogP contribution in [0.1, 0.15) is 5.56 Å². The number of nitrogens with one attached hydrogen (secondary N) is 1. The Morgan fingerprint density at radius 2 is 2.22 bits per heavy atom. The lowest BCUT2D eigenvalue weighted by atomic mass is 10.2. The molecule has 0 fully saturated rings. The summed E-state index contributed by atoms with van der Waals surface area (Å²) >= 11 is 3.24. The van der Waals surface area contributed by atoms with Crippen molar-refractivity contribution in [2.75, 3.05) is 26.9 Å². The van der Waals surface area contributed by atoms with Crippen molar-refractivity contribution < 1.29 is 18.7 Å². The van der Waals surface area contributed by atoms with Crippen LogP contribution in [0.5, 0.6) is 0 Å². The fourth-order valence-electron chi connectivity index (χ4n) is 1.23. The maximum atomic E-state index is 13.4. The Balaban J connectivity index is 2.31. The third-order valence-corrected chi connectivity index (χ3v) is 2.64. The van der Waals surface area contributed by atoms with Crippen LogP contribution in [-0.2, 0) is 20.8 Å². The first kappa shape index (κ1) is 15.1. The van der Waals surface area contributed by atoms with Gasteiger partial charge in [-0.1, -0.05) is 15.9 Å². The fraction of sp³-hybridized carbons (Fsp3) is 0.417. The first-order valence-electron chi connectivity index (χ1n) is 5.41. The third kappa shape index (κ3) is 5.57. The molecule has 0 aliphatic rings. The molecule has 0 aliphatic heterocycles. The second-order valence-corrected chi connectivity index (χ2v) is 4.47. The minimum Gasteiger partial charge on any atom is -0.382 e. The van der Waals surface area contributed by atoms with E-state index in [1.165, 1.54) is 6.07 Å². The molecule has 0 aromatic heterocycles. The maximum absolute atomic E-state index is 13.4. The number of benzene rings is 1. The molecule has 0 radical (unpaired) electrons. The molecule has 1 rings (SSSR count). The molecule has 4 nitrogen and oxygen atoms in total. The van der Waals surface area contributed by atoms with Crippen LogP contribution in [-0.4, -0.2) is 32.8 Å². The predicted molar refractivity (Wildman–Crippen MR) is 68.6 cm³/mol. The highest BCUT2D eigenvalue weighted by Crippen LogP contribution is 2.15. The van der Waals surface area contributed by atoms with E-state index in [1.807, 2.05) is 0 Å². The number of methoxy groups -OCH3 is 1. The average molecular weight is 320 g/mol. The minimum atomic E-state index is -0.348. The van der Waals surface area contributed by atoms with Crippen LogP contribution in [0.25, 0.3) is 0 Å². The summed E-state index contributed by atoms with van der Waals surface area (Å²) in [5.41, 5.74) is 0.426. The first-order valence-corrected chi connectivity index (χ1v) is 6.20. The largest absolute Gasteiger partial charge is 0.382 e. The highest BCUT2D eigenvalue weighted by Gasteiger charge is 2.05. The number of carbonyl (C=O) groups is 1. The van der Waals surface area contributed by atoms with Gasteiger partial charge in [0.2, 0.25) is 5.91 Å². The molecule has 0 saturated carbocycles. The summed E-state index contributed by atoms with van der Waals surface area (Å²) < 4.78 is 23.9. The summed E-state index contributed by atoms with van der Waals surface area (Å²) in [6.07, 6.45) is 0. The van der Waals surface area contributed by atoms with Crippen molar-refractivity contribution in [2.24, 2.45) is 0 Å². The Morgan fingerprint density at radius 1 is 1.44 bits per heavy atom. The molecule has 6 heteroatoms. The Labute approximate surface area is 114 Å². The molecule has 1 aromatic carbocycles. The van der Waals surface area contributed by atoms with Crippen molar-refractivity contribution in [1.82, 2.24) is 5.32 Å². The van der Waals surface area contributed by atoms with Gasteiger partial charge in [0.1, 0.15) is 12.4 Å². The summed E-state index contributed by atoms with van der Waals surface area (Å²) in [5, 5.41) is 2.58. The number of rotatable bonds is 7. The maximum Gasteiger partial charge on any atom is 0.246 e. The van der Waals surface area contributed by atoms with E-state index in [1.54, 1.807) is 19.2 Å². The van der Waals surface area contributed by atoms with E-state index in [4.69, 9.17) is 9.47 Å². The van der Waals surface area contributed by atoms with Crippen LogP contribution >= 0.6 is 15.9 Å². The van der Waals surface area contributed by atoms with Crippen molar-refractivity contribution >= 4 is 21.8 Å². The van der Waals surface area contributed by atoms with Gasteiger partial charge in [0, 0.05) is 23.7 Å². The van der Waals surface area contributed by atoms with Gasteiger partial charge >= 0.3 is 0 Å². The van der Waals surface area contributed by atoms with E-state index in [-0.39, 0.29) is 24.9 Å². The van der Waals surface area contributed by atoms with Crippen molar-refractivity contribution in [3.05, 3.63) is 34.1 Å². The lowest BCUT2D eigenvalue weighted by Crippen LogP contribution is -2.28. The van der Waals surface area contributed by atoms with E-state index in [2.05, 4.69) is 21.2 Å². The Kier molecular flexibility index (Phi) is 6.85. The second-order valence-electron chi connectivity index (χ2n) is 3.56. The van der Waals surface area contributed by atoms with Crippen LogP contribution in [0.4, 0.5) is 4.39 Å². The van der Waals surface area contributed by atoms with Gasteiger partial charge in [0.15, 0.2) is 0 Å². The number of ether oxygens (including phenoxy) is 2. The van der Waals surface area contributed by atoms with Crippen molar-refractivity contribution in [2.45, 2.75) is 6.54 Å². The van der Waals surface area contributed by atoms with Gasteiger partial charge in [0.25, 0.3) is 0 Å². The van der Waals surface area contributed by atoms with Crippen molar-refractivity contribution in [1.29, 1.82) is 0 Å². The molecule has 18 heavy (non-hydrogen) atoms. The molecule has 1 N–H and O–H groups in total. The summed E-state index contributed by atoms with van der Waals surface area (Å²) in [4.78, 5) is 11.4. The topological polar surface area (TPSA) is 47.6 Å². The van der Waals surface area contributed by atoms with Crippen molar-refractivity contribution in [3.8, 4) is 0 Å². The smallest absolute Gasteiger partial charge is 0.246 e. The van der Waals surface area contributed by atoms with Crippen LogP contribution in [0, 0.1) is 5.82 Å². The van der Waals surface area contributed by atoms with Gasteiger partial charge in [-0.05, 0) is 18.2 Å². The molecular weight excluding hydrogens is 305 g/mol. The molecule has 0 saturated heterocycles. The van der Waals surface area contributed by atoms with E-state index in [9.17, 15) is 9.18 Å². The lowest BCUT2D eigenvalue weighted by molar-refractivity contribution is -0.126. The second kappa shape index (κ2) is 8.18. The van der Waals surface area contributed by atoms with Gasteiger partial charge in [-0.15, -0.1) is 0 Å². The van der Waals surface area contributed by atoms with Gasteiger partial charge in [-0.3, -0.25) is 4.79 Å². The minimum absolute atomic E-state index is 0.0566. The SMILES string of the molecule is COCCOCC(=O)NCc1cc(Br)ccc1F. The van der Waals surface area contributed by atoms with Gasteiger partial charge < -0.3 is 14.8 Å². The molecule has 0 heterocycles. The molecule has 0 unspecified atom stereocenters. The Hall–Kier alpha value is -0.980. The lowest BCUT2D eigenvalue weighted by Gasteiger charge is -2.07. The number of halogens is 2. The Bertz CT molecular complexity index is 401. The zero-order valence-electron chi connectivity index (χ0n) is 10.0.